The third-order valence-corrected chi connectivity index (χ3v) is 4.21. The number of amides is 1. The molecule has 29 heavy (non-hydrogen) atoms. The quantitative estimate of drug-likeness (QED) is 0.376. The molecule has 2 aromatic carbocycles. The van der Waals surface area contributed by atoms with E-state index in [1.165, 1.54) is 0 Å². The lowest BCUT2D eigenvalue weighted by atomic mass is 9.93. The van der Waals surface area contributed by atoms with Crippen LogP contribution in [0.3, 0.4) is 0 Å². The number of hydrogen-bond donors (Lipinski definition) is 1. The molecule has 0 aliphatic heterocycles. The van der Waals surface area contributed by atoms with Gasteiger partial charge < -0.3 is 14.8 Å². The van der Waals surface area contributed by atoms with E-state index in [1.54, 1.807) is 30.3 Å². The molecule has 2 aromatic rings. The molecule has 1 atom stereocenters. The van der Waals surface area contributed by atoms with Crippen LogP contribution in [-0.2, 0) is 25.7 Å². The Labute approximate surface area is 169 Å². The molecule has 0 saturated carbocycles. The van der Waals surface area contributed by atoms with Crippen LogP contribution in [0.1, 0.15) is 28.8 Å². The van der Waals surface area contributed by atoms with Gasteiger partial charge in [-0.1, -0.05) is 60.7 Å². The van der Waals surface area contributed by atoms with Gasteiger partial charge >= 0.3 is 12.1 Å². The van der Waals surface area contributed by atoms with Crippen LogP contribution in [0.2, 0.25) is 0 Å². The highest BCUT2D eigenvalue weighted by Crippen LogP contribution is 2.14. The smallest absolute Gasteiger partial charge is 0.407 e. The van der Waals surface area contributed by atoms with Gasteiger partial charge in [0, 0.05) is 24.9 Å². The highest BCUT2D eigenvalue weighted by atomic mass is 16.5. The van der Waals surface area contributed by atoms with Gasteiger partial charge in [-0.25, -0.2) is 4.79 Å². The molecule has 0 aromatic heterocycles. The van der Waals surface area contributed by atoms with Crippen molar-refractivity contribution in [1.82, 2.24) is 5.32 Å². The van der Waals surface area contributed by atoms with Crippen molar-refractivity contribution in [3.05, 3.63) is 71.8 Å². The number of carbonyl (C=O) groups excluding carboxylic acids is 4. The van der Waals surface area contributed by atoms with E-state index in [0.717, 1.165) is 12.7 Å². The number of esters is 1. The molecular weight excluding hydrogens is 374 g/mol. The zero-order valence-corrected chi connectivity index (χ0v) is 16.1. The average Bonchev–Trinajstić information content (AvgIpc) is 2.76. The van der Waals surface area contributed by atoms with Gasteiger partial charge in [0.2, 0.25) is 0 Å². The molecule has 0 aliphatic carbocycles. The van der Waals surface area contributed by atoms with Gasteiger partial charge in [0.25, 0.3) is 0 Å². The monoisotopic (exact) mass is 397 g/mol. The summed E-state index contributed by atoms with van der Waals surface area (Å²) in [6.45, 7) is 0.0937. The molecule has 7 heteroatoms. The molecule has 0 heterocycles. The first-order valence-corrected chi connectivity index (χ1v) is 9.14. The SMILES string of the molecule is COC(=O)C(CC(=O)c1ccccc1)C(=O)CCNC(=O)OCc1ccccc1. The Hall–Kier alpha value is -3.48. The van der Waals surface area contributed by atoms with E-state index < -0.39 is 23.8 Å². The van der Waals surface area contributed by atoms with Crippen LogP contribution < -0.4 is 5.32 Å². The van der Waals surface area contributed by atoms with Crippen LogP contribution in [0.5, 0.6) is 0 Å². The number of Topliss-reactive ketones (excluding diaryl/α,β-unsaturated/α-hetero) is 2. The standard InChI is InChI=1S/C22H23NO6/c1-28-21(26)18(14-20(25)17-10-6-3-7-11-17)19(24)12-13-23-22(27)29-15-16-8-4-2-5-9-16/h2-11,18H,12-15H2,1H3,(H,23,27). The normalized spacial score (nSPS) is 11.2. The molecule has 0 fully saturated rings. The van der Waals surface area contributed by atoms with Crippen LogP contribution in [0.15, 0.2) is 60.7 Å². The van der Waals surface area contributed by atoms with Crippen molar-refractivity contribution >= 4 is 23.6 Å². The molecule has 2 rings (SSSR count). The second-order valence-electron chi connectivity index (χ2n) is 6.27. The molecule has 0 radical (unpaired) electrons. The third-order valence-electron chi connectivity index (χ3n) is 4.21. The number of ketones is 2. The van der Waals surface area contributed by atoms with Gasteiger partial charge in [0.1, 0.15) is 18.3 Å². The first-order valence-electron chi connectivity index (χ1n) is 9.14. The summed E-state index contributed by atoms with van der Waals surface area (Å²) in [7, 11) is 1.16. The van der Waals surface area contributed by atoms with E-state index in [9.17, 15) is 19.2 Å². The molecular formula is C22H23NO6. The van der Waals surface area contributed by atoms with Gasteiger partial charge in [-0.3, -0.25) is 14.4 Å². The molecule has 7 nitrogen and oxygen atoms in total. The van der Waals surface area contributed by atoms with Crippen LogP contribution in [0.4, 0.5) is 4.79 Å². The fourth-order valence-corrected chi connectivity index (χ4v) is 2.63. The van der Waals surface area contributed by atoms with E-state index in [2.05, 4.69) is 10.1 Å². The van der Waals surface area contributed by atoms with Gasteiger partial charge in [-0.05, 0) is 5.56 Å². The average molecular weight is 397 g/mol. The van der Waals surface area contributed by atoms with Crippen molar-refractivity contribution in [3.63, 3.8) is 0 Å². The zero-order chi connectivity index (χ0) is 21.1. The lowest BCUT2D eigenvalue weighted by Crippen LogP contribution is -2.32. The molecule has 0 spiro atoms. The molecule has 1 unspecified atom stereocenters. The molecule has 0 saturated heterocycles. The first kappa shape index (κ1) is 21.8. The van der Waals surface area contributed by atoms with Crippen LogP contribution in [0.25, 0.3) is 0 Å². The Balaban J connectivity index is 1.82. The Kier molecular flexibility index (Phi) is 8.56. The van der Waals surface area contributed by atoms with E-state index in [1.807, 2.05) is 30.3 Å². The number of alkyl carbamates (subject to hydrolysis) is 1. The number of methoxy groups -OCH3 is 1. The maximum atomic E-state index is 12.4. The summed E-state index contributed by atoms with van der Waals surface area (Å²) in [6.07, 6.45) is -1.08. The maximum absolute atomic E-state index is 12.4. The summed E-state index contributed by atoms with van der Waals surface area (Å²) >= 11 is 0. The number of carbonyl (C=O) groups is 4. The third kappa shape index (κ3) is 7.21. The number of nitrogens with one attached hydrogen (secondary N) is 1. The maximum Gasteiger partial charge on any atom is 0.407 e. The second kappa shape index (κ2) is 11.4. The fraction of sp³-hybridized carbons (Fsp3) is 0.273. The van der Waals surface area contributed by atoms with Crippen molar-refractivity contribution in [2.45, 2.75) is 19.4 Å². The number of ether oxygens (including phenoxy) is 2. The largest absolute Gasteiger partial charge is 0.468 e. The Bertz CT molecular complexity index is 835. The summed E-state index contributed by atoms with van der Waals surface area (Å²) in [4.78, 5) is 48.5. The first-order chi connectivity index (χ1) is 14.0. The summed E-state index contributed by atoms with van der Waals surface area (Å²) in [5, 5.41) is 2.46. The Morgan fingerprint density at radius 3 is 2.17 bits per heavy atom. The number of benzene rings is 2. The van der Waals surface area contributed by atoms with Crippen LogP contribution in [0, 0.1) is 5.92 Å². The summed E-state index contributed by atoms with van der Waals surface area (Å²) in [5.74, 6) is -2.80. The van der Waals surface area contributed by atoms with E-state index in [-0.39, 0.29) is 31.8 Å². The molecule has 1 amide bonds. The lowest BCUT2D eigenvalue weighted by Gasteiger charge is -2.13. The Morgan fingerprint density at radius 1 is 0.931 bits per heavy atom. The number of hydrogen-bond acceptors (Lipinski definition) is 6. The van der Waals surface area contributed by atoms with Crippen LogP contribution >= 0.6 is 0 Å². The van der Waals surface area contributed by atoms with Crippen molar-refractivity contribution < 1.29 is 28.7 Å². The van der Waals surface area contributed by atoms with E-state index >= 15 is 0 Å². The highest BCUT2D eigenvalue weighted by molar-refractivity contribution is 6.06. The van der Waals surface area contributed by atoms with Crippen LogP contribution in [-0.4, -0.2) is 37.3 Å². The van der Waals surface area contributed by atoms with Crippen molar-refractivity contribution in [2.24, 2.45) is 5.92 Å². The highest BCUT2D eigenvalue weighted by Gasteiger charge is 2.30. The topological polar surface area (TPSA) is 98.8 Å². The van der Waals surface area contributed by atoms with Crippen molar-refractivity contribution in [1.29, 1.82) is 0 Å². The van der Waals surface area contributed by atoms with E-state index in [0.29, 0.717) is 5.56 Å². The van der Waals surface area contributed by atoms with Crippen molar-refractivity contribution in [2.75, 3.05) is 13.7 Å². The van der Waals surface area contributed by atoms with Gasteiger partial charge in [0.05, 0.1) is 7.11 Å². The predicted octanol–water partition coefficient (Wildman–Crippen LogP) is 2.93. The molecule has 152 valence electrons. The summed E-state index contributed by atoms with van der Waals surface area (Å²) in [5.41, 5.74) is 1.25. The summed E-state index contributed by atoms with van der Waals surface area (Å²) < 4.78 is 9.72. The predicted molar refractivity (Wildman–Crippen MR) is 105 cm³/mol. The van der Waals surface area contributed by atoms with Gasteiger partial charge in [-0.2, -0.15) is 0 Å². The van der Waals surface area contributed by atoms with E-state index in [4.69, 9.17) is 4.74 Å². The lowest BCUT2D eigenvalue weighted by molar-refractivity contribution is -0.149. The zero-order valence-electron chi connectivity index (χ0n) is 16.1. The molecule has 0 bridgehead atoms. The van der Waals surface area contributed by atoms with Gasteiger partial charge in [0.15, 0.2) is 5.78 Å². The minimum absolute atomic E-state index is 0.0144. The molecule has 0 aliphatic rings. The minimum atomic E-state index is -1.21. The molecule has 1 N–H and O–H groups in total. The summed E-state index contributed by atoms with van der Waals surface area (Å²) in [6, 6.07) is 17.6. The number of rotatable bonds is 10. The van der Waals surface area contributed by atoms with Crippen molar-refractivity contribution in [3.8, 4) is 0 Å². The Morgan fingerprint density at radius 2 is 1.55 bits per heavy atom. The fourth-order valence-electron chi connectivity index (χ4n) is 2.63. The minimum Gasteiger partial charge on any atom is -0.468 e. The second-order valence-corrected chi connectivity index (χ2v) is 6.27. The van der Waals surface area contributed by atoms with Gasteiger partial charge in [-0.15, -0.1) is 0 Å².